The van der Waals surface area contributed by atoms with Crippen LogP contribution in [-0.2, 0) is 5.41 Å². The molecule has 1 fully saturated rings. The molecule has 2 heteroatoms. The summed E-state index contributed by atoms with van der Waals surface area (Å²) in [6, 6.07) is 8.16. The second kappa shape index (κ2) is 5.64. The van der Waals surface area contributed by atoms with E-state index >= 15 is 0 Å². The normalized spacial score (nSPS) is 20.5. The molecule has 0 heterocycles. The smallest absolute Gasteiger partial charge is 0.0760 e. The van der Waals surface area contributed by atoms with Gasteiger partial charge in [0.2, 0.25) is 0 Å². The van der Waals surface area contributed by atoms with Gasteiger partial charge in [-0.15, -0.1) is 0 Å². The van der Waals surface area contributed by atoms with Crippen molar-refractivity contribution in [2.24, 2.45) is 11.7 Å². The zero-order chi connectivity index (χ0) is 14.0. The van der Waals surface area contributed by atoms with Crippen LogP contribution in [0.5, 0.6) is 0 Å². The first-order valence-electron chi connectivity index (χ1n) is 7.43. The molecule has 1 aliphatic carbocycles. The van der Waals surface area contributed by atoms with Crippen LogP contribution in [0.3, 0.4) is 0 Å². The molecule has 0 amide bonds. The Balaban J connectivity index is 2.08. The van der Waals surface area contributed by atoms with E-state index in [1.807, 2.05) is 0 Å². The number of rotatable bonds is 3. The van der Waals surface area contributed by atoms with E-state index in [0.717, 1.165) is 18.4 Å². The fourth-order valence-corrected chi connectivity index (χ4v) is 2.99. The minimum absolute atomic E-state index is 0.159. The van der Waals surface area contributed by atoms with Crippen LogP contribution in [0.4, 0.5) is 0 Å². The van der Waals surface area contributed by atoms with Gasteiger partial charge in [-0.2, -0.15) is 0 Å². The van der Waals surface area contributed by atoms with Gasteiger partial charge >= 0.3 is 0 Å². The Morgan fingerprint density at radius 1 is 1.11 bits per heavy atom. The third-order valence-corrected chi connectivity index (χ3v) is 4.41. The van der Waals surface area contributed by atoms with Crippen LogP contribution < -0.4 is 5.73 Å². The SMILES string of the molecule is CC(C)(C)c1ccc([C@@H](N)[C@@H](O)C2CCCC2)cc1. The minimum Gasteiger partial charge on any atom is -0.391 e. The van der Waals surface area contributed by atoms with E-state index in [4.69, 9.17) is 5.73 Å². The highest BCUT2D eigenvalue weighted by molar-refractivity contribution is 5.29. The summed E-state index contributed by atoms with van der Waals surface area (Å²) in [4.78, 5) is 0. The Bertz CT molecular complexity index is 398. The molecule has 0 aromatic heterocycles. The highest BCUT2D eigenvalue weighted by Crippen LogP contribution is 2.33. The summed E-state index contributed by atoms with van der Waals surface area (Å²) in [6.07, 6.45) is 4.31. The maximum atomic E-state index is 10.4. The van der Waals surface area contributed by atoms with Crippen LogP contribution in [0.25, 0.3) is 0 Å². The summed E-state index contributed by atoms with van der Waals surface area (Å²) in [7, 11) is 0. The Morgan fingerprint density at radius 3 is 2.11 bits per heavy atom. The molecule has 1 aromatic rings. The summed E-state index contributed by atoms with van der Waals surface area (Å²) >= 11 is 0. The highest BCUT2D eigenvalue weighted by Gasteiger charge is 2.28. The van der Waals surface area contributed by atoms with Crippen LogP contribution in [0, 0.1) is 5.92 Å². The molecule has 0 radical (unpaired) electrons. The number of aliphatic hydroxyl groups excluding tert-OH is 1. The van der Waals surface area contributed by atoms with Crippen molar-refractivity contribution in [2.45, 2.75) is 64.0 Å². The summed E-state index contributed by atoms with van der Waals surface area (Å²) < 4.78 is 0. The lowest BCUT2D eigenvalue weighted by atomic mass is 9.85. The number of nitrogens with two attached hydrogens (primary N) is 1. The van der Waals surface area contributed by atoms with Crippen LogP contribution in [0.1, 0.15) is 63.6 Å². The average molecular weight is 261 g/mol. The van der Waals surface area contributed by atoms with E-state index in [-0.39, 0.29) is 11.5 Å². The van der Waals surface area contributed by atoms with Gasteiger partial charge in [0, 0.05) is 0 Å². The third-order valence-electron chi connectivity index (χ3n) is 4.41. The molecule has 0 spiro atoms. The predicted molar refractivity (Wildman–Crippen MR) is 80.0 cm³/mol. The summed E-state index contributed by atoms with van der Waals surface area (Å²) in [5.74, 6) is 0.386. The van der Waals surface area contributed by atoms with Gasteiger partial charge in [0.25, 0.3) is 0 Å². The third kappa shape index (κ3) is 3.37. The highest BCUT2D eigenvalue weighted by atomic mass is 16.3. The first-order chi connectivity index (χ1) is 8.89. The largest absolute Gasteiger partial charge is 0.391 e. The zero-order valence-electron chi connectivity index (χ0n) is 12.4. The minimum atomic E-state index is -0.400. The summed E-state index contributed by atoms with van der Waals surface area (Å²) in [5.41, 5.74) is 8.74. The molecular formula is C17H27NO. The number of benzene rings is 1. The van der Waals surface area contributed by atoms with Gasteiger partial charge in [0.15, 0.2) is 0 Å². The predicted octanol–water partition coefficient (Wildman–Crippen LogP) is 3.54. The Labute approximate surface area is 117 Å². The van der Waals surface area contributed by atoms with E-state index in [1.54, 1.807) is 0 Å². The molecule has 0 aliphatic heterocycles. The van der Waals surface area contributed by atoms with Crippen LogP contribution in [0.15, 0.2) is 24.3 Å². The Morgan fingerprint density at radius 2 is 1.63 bits per heavy atom. The molecule has 2 atom stereocenters. The summed E-state index contributed by atoms with van der Waals surface area (Å²) in [6.45, 7) is 6.61. The van der Waals surface area contributed by atoms with Gasteiger partial charge in [0.05, 0.1) is 12.1 Å². The van der Waals surface area contributed by atoms with Gasteiger partial charge in [-0.1, -0.05) is 57.9 Å². The molecule has 0 bridgehead atoms. The van der Waals surface area contributed by atoms with Crippen molar-refractivity contribution >= 4 is 0 Å². The van der Waals surface area contributed by atoms with Crippen molar-refractivity contribution in [2.75, 3.05) is 0 Å². The van der Waals surface area contributed by atoms with Gasteiger partial charge in [-0.3, -0.25) is 0 Å². The van der Waals surface area contributed by atoms with Crippen molar-refractivity contribution in [3.8, 4) is 0 Å². The molecule has 1 aromatic carbocycles. The molecule has 1 aliphatic rings. The van der Waals surface area contributed by atoms with Gasteiger partial charge in [0.1, 0.15) is 0 Å². The van der Waals surface area contributed by atoms with E-state index in [0.29, 0.717) is 5.92 Å². The lowest BCUT2D eigenvalue weighted by Gasteiger charge is -2.25. The van der Waals surface area contributed by atoms with E-state index in [2.05, 4.69) is 45.0 Å². The molecule has 2 nitrogen and oxygen atoms in total. The molecule has 0 saturated heterocycles. The monoisotopic (exact) mass is 261 g/mol. The fraction of sp³-hybridized carbons (Fsp3) is 0.647. The lowest BCUT2D eigenvalue weighted by molar-refractivity contribution is 0.0845. The first-order valence-corrected chi connectivity index (χ1v) is 7.43. The molecule has 106 valence electrons. The maximum absolute atomic E-state index is 10.4. The lowest BCUT2D eigenvalue weighted by Crippen LogP contribution is -2.32. The second-order valence-electron chi connectivity index (χ2n) is 6.93. The average Bonchev–Trinajstić information content (AvgIpc) is 2.90. The van der Waals surface area contributed by atoms with Crippen LogP contribution >= 0.6 is 0 Å². The standard InChI is InChI=1S/C17H27NO/c1-17(2,3)14-10-8-12(9-11-14)15(18)16(19)13-6-4-5-7-13/h8-11,13,15-16,19H,4-7,18H2,1-3H3/t15-,16+/m1/s1. The molecule has 2 rings (SSSR count). The van der Waals surface area contributed by atoms with E-state index in [9.17, 15) is 5.11 Å². The van der Waals surface area contributed by atoms with E-state index in [1.165, 1.54) is 18.4 Å². The van der Waals surface area contributed by atoms with Crippen molar-refractivity contribution < 1.29 is 5.11 Å². The maximum Gasteiger partial charge on any atom is 0.0760 e. The van der Waals surface area contributed by atoms with Crippen molar-refractivity contribution in [1.29, 1.82) is 0 Å². The fourth-order valence-electron chi connectivity index (χ4n) is 2.99. The first kappa shape index (κ1) is 14.5. The van der Waals surface area contributed by atoms with Gasteiger partial charge in [-0.05, 0) is 35.3 Å². The topological polar surface area (TPSA) is 46.2 Å². The van der Waals surface area contributed by atoms with Crippen molar-refractivity contribution in [3.63, 3.8) is 0 Å². The molecular weight excluding hydrogens is 234 g/mol. The number of aliphatic hydroxyl groups is 1. The number of hydrogen-bond donors (Lipinski definition) is 2. The van der Waals surface area contributed by atoms with Crippen LogP contribution in [0.2, 0.25) is 0 Å². The van der Waals surface area contributed by atoms with Crippen molar-refractivity contribution in [1.82, 2.24) is 0 Å². The molecule has 3 N–H and O–H groups in total. The second-order valence-corrected chi connectivity index (χ2v) is 6.93. The quantitative estimate of drug-likeness (QED) is 0.874. The van der Waals surface area contributed by atoms with Crippen LogP contribution in [-0.4, -0.2) is 11.2 Å². The van der Waals surface area contributed by atoms with Gasteiger partial charge < -0.3 is 10.8 Å². The molecule has 19 heavy (non-hydrogen) atoms. The molecule has 0 unspecified atom stereocenters. The Hall–Kier alpha value is -0.860. The van der Waals surface area contributed by atoms with Crippen molar-refractivity contribution in [3.05, 3.63) is 35.4 Å². The summed E-state index contributed by atoms with van der Waals surface area (Å²) in [5, 5.41) is 10.4. The zero-order valence-corrected chi connectivity index (χ0v) is 12.4. The Kier molecular flexibility index (Phi) is 4.32. The van der Waals surface area contributed by atoms with E-state index < -0.39 is 6.10 Å². The van der Waals surface area contributed by atoms with Gasteiger partial charge in [-0.25, -0.2) is 0 Å². The number of hydrogen-bond acceptors (Lipinski definition) is 2. The molecule has 1 saturated carbocycles.